The first-order chi connectivity index (χ1) is 6.73. The molecular weight excluding hydrogens is 245 g/mol. The molecule has 0 amide bonds. The predicted octanol–water partition coefficient (Wildman–Crippen LogP) is -0.637. The zero-order valence-electron chi connectivity index (χ0n) is 8.86. The fourth-order valence-electron chi connectivity index (χ4n) is 1.76. The summed E-state index contributed by atoms with van der Waals surface area (Å²) < 4.78 is 19.5. The quantitative estimate of drug-likeness (QED) is 0.588. The molecule has 3 rings (SSSR count). The molecule has 0 unspecified atom stereocenters. The first kappa shape index (κ1) is 10.8. The van der Waals surface area contributed by atoms with Gasteiger partial charge in [-0.15, -0.1) is 0 Å². The summed E-state index contributed by atoms with van der Waals surface area (Å²) in [5.41, 5.74) is 0. The van der Waals surface area contributed by atoms with Crippen molar-refractivity contribution in [2.75, 3.05) is 53.6 Å². The number of rotatable bonds is 1. The van der Waals surface area contributed by atoms with Crippen molar-refractivity contribution in [3.05, 3.63) is 0 Å². The molecule has 0 N–H and O–H groups in total. The summed E-state index contributed by atoms with van der Waals surface area (Å²) in [5.74, 6) is 0. The van der Waals surface area contributed by atoms with Gasteiger partial charge < -0.3 is 0 Å². The van der Waals surface area contributed by atoms with Crippen LogP contribution in [0.1, 0.15) is 0 Å². The molecule has 3 heterocycles. The van der Waals surface area contributed by atoms with E-state index in [9.17, 15) is 0 Å². The van der Waals surface area contributed by atoms with Gasteiger partial charge >= 0.3 is 88.1 Å². The third-order valence-electron chi connectivity index (χ3n) is 2.62. The van der Waals surface area contributed by atoms with E-state index in [0.717, 1.165) is 39.5 Å². The summed E-state index contributed by atoms with van der Waals surface area (Å²) in [7, 11) is 3.97. The molecule has 5 nitrogen and oxygen atoms in total. The Morgan fingerprint density at radius 2 is 1.36 bits per heavy atom. The van der Waals surface area contributed by atoms with E-state index in [2.05, 4.69) is 4.90 Å². The fourth-order valence-corrected chi connectivity index (χ4v) is 6.11. The monoisotopic (exact) mass is 264 g/mol. The molecule has 14 heavy (non-hydrogen) atoms. The topological polar surface area (TPSA) is 34.2 Å². The van der Waals surface area contributed by atoms with E-state index < -0.39 is 14.5 Å². The van der Waals surface area contributed by atoms with Crippen LogP contribution in [0.3, 0.4) is 0 Å². The summed E-state index contributed by atoms with van der Waals surface area (Å²) in [5, 5.41) is 0. The van der Waals surface area contributed by atoms with Crippen LogP contribution in [-0.2, 0) is 11.3 Å². The number of fused-ring (bicyclic) bond motifs is 6. The van der Waals surface area contributed by atoms with Gasteiger partial charge in [-0.2, -0.15) is 0 Å². The van der Waals surface area contributed by atoms with Gasteiger partial charge in [0.2, 0.25) is 0 Å². The Morgan fingerprint density at radius 3 is 1.71 bits per heavy atom. The summed E-state index contributed by atoms with van der Waals surface area (Å²) in [6, 6.07) is 0. The van der Waals surface area contributed by atoms with Crippen molar-refractivity contribution in [2.24, 2.45) is 0 Å². The van der Waals surface area contributed by atoms with E-state index in [1.807, 2.05) is 18.0 Å². The van der Waals surface area contributed by atoms with Crippen molar-refractivity contribution in [2.45, 2.75) is 0 Å². The van der Waals surface area contributed by atoms with E-state index >= 15 is 0 Å². The Labute approximate surface area is 88.5 Å². The van der Waals surface area contributed by atoms with Crippen LogP contribution in [-0.4, -0.2) is 76.8 Å². The van der Waals surface area contributed by atoms with Gasteiger partial charge in [-0.1, -0.05) is 0 Å². The van der Waals surface area contributed by atoms with Crippen molar-refractivity contribution >= 4 is 14.5 Å². The van der Waals surface area contributed by atoms with Gasteiger partial charge in [0.05, 0.1) is 0 Å². The van der Waals surface area contributed by atoms with Crippen LogP contribution < -0.4 is 0 Å². The Balaban J connectivity index is 2.12. The van der Waals surface area contributed by atoms with E-state index in [0.29, 0.717) is 0 Å². The summed E-state index contributed by atoms with van der Waals surface area (Å²) in [6.45, 7) is 5.23. The van der Waals surface area contributed by atoms with Crippen molar-refractivity contribution in [1.82, 2.24) is 8.76 Å². The Morgan fingerprint density at radius 1 is 0.929 bits per heavy atom. The molecule has 0 aliphatic carbocycles. The van der Waals surface area contributed by atoms with Gasteiger partial charge in [-0.05, 0) is 0 Å². The molecule has 82 valence electrons. The maximum atomic E-state index is 5.83. The summed E-state index contributed by atoms with van der Waals surface area (Å²) in [6.07, 6.45) is 0. The number of hydrogen-bond acceptors (Lipinski definition) is 5. The molecule has 0 atom stereocenters. The molecule has 3 fully saturated rings. The molecule has 0 radical (unpaired) electrons. The van der Waals surface area contributed by atoms with Crippen LogP contribution in [0.25, 0.3) is 0 Å². The standard InChI is InChI=1S/C8H18GeN2O3/c1-10(2)9-12-6-3-11(4-7-13-9)5-8-14-9/h3-8H2,1-2H3. The molecule has 6 heteroatoms. The van der Waals surface area contributed by atoms with Crippen LogP contribution in [0.2, 0.25) is 0 Å². The molecule has 0 spiro atoms. The minimum atomic E-state index is -3.04. The van der Waals surface area contributed by atoms with Crippen molar-refractivity contribution < 1.29 is 11.3 Å². The van der Waals surface area contributed by atoms with Crippen LogP contribution in [0.4, 0.5) is 0 Å². The third-order valence-corrected chi connectivity index (χ3v) is 8.50. The van der Waals surface area contributed by atoms with Gasteiger partial charge in [0.1, 0.15) is 0 Å². The fraction of sp³-hybridized carbons (Fsp3) is 1.00. The average Bonchev–Trinajstić information content (AvgIpc) is 1.99. The Hall–Kier alpha value is 0.343. The second-order valence-electron chi connectivity index (χ2n) is 3.81. The maximum absolute atomic E-state index is 5.83. The van der Waals surface area contributed by atoms with Gasteiger partial charge in [-0.25, -0.2) is 0 Å². The van der Waals surface area contributed by atoms with Crippen molar-refractivity contribution in [3.8, 4) is 0 Å². The predicted molar refractivity (Wildman–Crippen MR) is 53.7 cm³/mol. The Kier molecular flexibility index (Phi) is 3.46. The van der Waals surface area contributed by atoms with Crippen LogP contribution >= 0.6 is 0 Å². The van der Waals surface area contributed by atoms with Crippen LogP contribution in [0.5, 0.6) is 0 Å². The van der Waals surface area contributed by atoms with Crippen molar-refractivity contribution in [1.29, 1.82) is 0 Å². The van der Waals surface area contributed by atoms with Gasteiger partial charge in [0, 0.05) is 0 Å². The summed E-state index contributed by atoms with van der Waals surface area (Å²) in [4.78, 5) is 2.32. The molecule has 0 aromatic heterocycles. The molecule has 3 saturated heterocycles. The molecular formula is C8H18GeN2O3. The zero-order chi connectivity index (χ0) is 10.0. The van der Waals surface area contributed by atoms with E-state index in [4.69, 9.17) is 11.3 Å². The molecule has 0 aromatic rings. The second kappa shape index (κ2) is 4.46. The molecule has 3 aliphatic heterocycles. The molecule has 2 bridgehead atoms. The van der Waals surface area contributed by atoms with Crippen LogP contribution in [0.15, 0.2) is 0 Å². The third kappa shape index (κ3) is 2.12. The molecule has 3 aliphatic rings. The second-order valence-corrected chi connectivity index (χ2v) is 9.70. The first-order valence-corrected chi connectivity index (χ1v) is 8.55. The van der Waals surface area contributed by atoms with E-state index in [1.165, 1.54) is 0 Å². The zero-order valence-corrected chi connectivity index (χ0v) is 11.0. The molecule has 0 aromatic carbocycles. The van der Waals surface area contributed by atoms with Gasteiger partial charge in [-0.3, -0.25) is 0 Å². The number of nitrogens with zero attached hydrogens (tertiary/aromatic N) is 2. The Bertz CT molecular complexity index is 176. The van der Waals surface area contributed by atoms with Crippen molar-refractivity contribution in [3.63, 3.8) is 0 Å². The van der Waals surface area contributed by atoms with Crippen LogP contribution in [0, 0.1) is 0 Å². The van der Waals surface area contributed by atoms with E-state index in [-0.39, 0.29) is 0 Å². The average molecular weight is 263 g/mol. The van der Waals surface area contributed by atoms with Gasteiger partial charge in [0.15, 0.2) is 0 Å². The normalized spacial score (nSPS) is 39.2. The van der Waals surface area contributed by atoms with E-state index in [1.54, 1.807) is 0 Å². The minimum absolute atomic E-state index is 0.734. The summed E-state index contributed by atoms with van der Waals surface area (Å²) >= 11 is -3.04. The number of hydrogen-bond donors (Lipinski definition) is 0. The van der Waals surface area contributed by atoms with Gasteiger partial charge in [0.25, 0.3) is 0 Å². The molecule has 0 saturated carbocycles. The first-order valence-electron chi connectivity index (χ1n) is 5.05. The SMILES string of the molecule is C[N](C)[Ge]12[O]CCN(CC[O]1)CC[O]2.